The van der Waals surface area contributed by atoms with Crippen LogP contribution in [0.4, 0.5) is 0 Å². The van der Waals surface area contributed by atoms with E-state index in [9.17, 15) is 0 Å². The zero-order valence-corrected chi connectivity index (χ0v) is 13.4. The maximum absolute atomic E-state index is 2.69. The molecule has 0 N–H and O–H groups in total. The van der Waals surface area contributed by atoms with Crippen LogP contribution >= 0.6 is 11.3 Å². The fourth-order valence-electron chi connectivity index (χ4n) is 3.98. The van der Waals surface area contributed by atoms with Crippen molar-refractivity contribution in [2.45, 2.75) is 38.0 Å². The molecule has 110 valence electrons. The Hall–Kier alpha value is -1.12. The molecule has 1 aliphatic heterocycles. The summed E-state index contributed by atoms with van der Waals surface area (Å²) in [6.45, 7) is 3.79. The first-order valence-electron chi connectivity index (χ1n) is 8.28. The van der Waals surface area contributed by atoms with E-state index < -0.39 is 0 Å². The van der Waals surface area contributed by atoms with Crippen molar-refractivity contribution >= 4 is 11.3 Å². The Bertz CT molecular complexity index is 610. The molecule has 1 aliphatic carbocycles. The molecular weight excluding hydrogens is 274 g/mol. The van der Waals surface area contributed by atoms with Crippen LogP contribution in [-0.4, -0.2) is 24.5 Å². The Labute approximate surface area is 131 Å². The van der Waals surface area contributed by atoms with Crippen LogP contribution in [0.3, 0.4) is 0 Å². The van der Waals surface area contributed by atoms with Crippen LogP contribution in [0.5, 0.6) is 0 Å². The molecular formula is C19H23NS. The van der Waals surface area contributed by atoms with Gasteiger partial charge in [-0.1, -0.05) is 30.7 Å². The normalized spacial score (nSPS) is 22.4. The first-order chi connectivity index (χ1) is 10.4. The summed E-state index contributed by atoms with van der Waals surface area (Å²) in [6, 6.07) is 11.5. The third kappa shape index (κ3) is 2.67. The van der Waals surface area contributed by atoms with Gasteiger partial charge in [0.05, 0.1) is 0 Å². The summed E-state index contributed by atoms with van der Waals surface area (Å²) in [6.07, 6.45) is 6.61. The zero-order valence-electron chi connectivity index (χ0n) is 12.6. The third-order valence-electron chi connectivity index (χ3n) is 5.10. The lowest BCUT2D eigenvalue weighted by Gasteiger charge is -2.31. The van der Waals surface area contributed by atoms with Crippen molar-refractivity contribution in [3.05, 3.63) is 57.3 Å². The highest BCUT2D eigenvalue weighted by Gasteiger charge is 2.26. The molecule has 1 unspecified atom stereocenters. The topological polar surface area (TPSA) is 3.24 Å². The highest BCUT2D eigenvalue weighted by atomic mass is 32.1. The van der Waals surface area contributed by atoms with E-state index in [1.165, 1.54) is 51.7 Å². The lowest BCUT2D eigenvalue weighted by molar-refractivity contribution is 0.222. The molecule has 2 aromatic rings. The van der Waals surface area contributed by atoms with Crippen molar-refractivity contribution in [3.63, 3.8) is 0 Å². The summed E-state index contributed by atoms with van der Waals surface area (Å²) >= 11 is 1.96. The molecule has 0 radical (unpaired) electrons. The van der Waals surface area contributed by atoms with Gasteiger partial charge in [-0.3, -0.25) is 0 Å². The summed E-state index contributed by atoms with van der Waals surface area (Å²) in [5, 5.41) is 2.29. The molecule has 1 aromatic heterocycles. The van der Waals surface area contributed by atoms with Gasteiger partial charge in [0.2, 0.25) is 0 Å². The Balaban J connectivity index is 1.70. The molecule has 1 aromatic carbocycles. The van der Waals surface area contributed by atoms with Crippen molar-refractivity contribution in [1.29, 1.82) is 0 Å². The second-order valence-electron chi connectivity index (χ2n) is 6.41. The zero-order chi connectivity index (χ0) is 14.1. The Morgan fingerprint density at radius 3 is 2.71 bits per heavy atom. The van der Waals surface area contributed by atoms with Crippen molar-refractivity contribution < 1.29 is 0 Å². The standard InChI is InChI=1S/C19H23NS/c1-4-11-20(12-5-1)14-18-16-7-3-2-6-15(16)8-9-19-17(18)10-13-21-19/h2-3,6-7,10,13,18H,1,4-5,8-9,11-12,14H2. The fraction of sp³-hybridized carbons (Fsp3) is 0.474. The van der Waals surface area contributed by atoms with Gasteiger partial charge in [-0.25, -0.2) is 0 Å². The van der Waals surface area contributed by atoms with Gasteiger partial charge in [-0.15, -0.1) is 11.3 Å². The fourth-order valence-corrected chi connectivity index (χ4v) is 4.92. The smallest absolute Gasteiger partial charge is 0.0230 e. The monoisotopic (exact) mass is 297 g/mol. The van der Waals surface area contributed by atoms with Crippen LogP contribution in [0.1, 0.15) is 46.7 Å². The van der Waals surface area contributed by atoms with E-state index in [-0.39, 0.29) is 0 Å². The molecule has 0 saturated carbocycles. The number of hydrogen-bond donors (Lipinski definition) is 0. The van der Waals surface area contributed by atoms with E-state index in [1.807, 2.05) is 11.3 Å². The second-order valence-corrected chi connectivity index (χ2v) is 7.41. The number of piperidine rings is 1. The van der Waals surface area contributed by atoms with E-state index in [1.54, 1.807) is 21.6 Å². The van der Waals surface area contributed by atoms with Crippen LogP contribution in [0.25, 0.3) is 0 Å². The van der Waals surface area contributed by atoms with Crippen molar-refractivity contribution in [1.82, 2.24) is 4.90 Å². The Morgan fingerprint density at radius 1 is 0.952 bits per heavy atom. The Kier molecular flexibility index (Phi) is 3.83. The summed E-state index contributed by atoms with van der Waals surface area (Å²) < 4.78 is 0. The second kappa shape index (κ2) is 5.94. The molecule has 2 heteroatoms. The molecule has 1 atom stereocenters. The number of nitrogens with zero attached hydrogens (tertiary/aromatic N) is 1. The first-order valence-corrected chi connectivity index (χ1v) is 9.16. The summed E-state index contributed by atoms with van der Waals surface area (Å²) in [5.41, 5.74) is 4.76. The van der Waals surface area contributed by atoms with Gasteiger partial charge in [0.25, 0.3) is 0 Å². The molecule has 1 nitrogen and oxygen atoms in total. The van der Waals surface area contributed by atoms with Gasteiger partial charge in [-0.05, 0) is 66.9 Å². The van der Waals surface area contributed by atoms with Gasteiger partial charge in [0.1, 0.15) is 0 Å². The van der Waals surface area contributed by atoms with Crippen LogP contribution in [0.15, 0.2) is 35.7 Å². The summed E-state index contributed by atoms with van der Waals surface area (Å²) in [7, 11) is 0. The van der Waals surface area contributed by atoms with E-state index in [0.29, 0.717) is 5.92 Å². The lowest BCUT2D eigenvalue weighted by atomic mass is 9.89. The van der Waals surface area contributed by atoms with Gasteiger partial charge in [-0.2, -0.15) is 0 Å². The average Bonchev–Trinajstić information content (AvgIpc) is 2.95. The number of thiophene rings is 1. The highest BCUT2D eigenvalue weighted by molar-refractivity contribution is 7.10. The molecule has 21 heavy (non-hydrogen) atoms. The maximum Gasteiger partial charge on any atom is 0.0230 e. The number of aryl methyl sites for hydroxylation is 2. The molecule has 0 amide bonds. The number of hydrogen-bond acceptors (Lipinski definition) is 2. The minimum Gasteiger partial charge on any atom is -0.302 e. The Morgan fingerprint density at radius 2 is 1.81 bits per heavy atom. The first kappa shape index (κ1) is 13.5. The minimum absolute atomic E-state index is 0.586. The van der Waals surface area contributed by atoms with Crippen LogP contribution in [0.2, 0.25) is 0 Å². The highest BCUT2D eigenvalue weighted by Crippen LogP contribution is 2.37. The van der Waals surface area contributed by atoms with Crippen LogP contribution in [0, 0.1) is 0 Å². The summed E-state index contributed by atoms with van der Waals surface area (Å²) in [4.78, 5) is 4.31. The minimum atomic E-state index is 0.586. The molecule has 0 bridgehead atoms. The van der Waals surface area contributed by atoms with Crippen molar-refractivity contribution in [2.24, 2.45) is 0 Å². The predicted octanol–water partition coefficient (Wildman–Crippen LogP) is 4.46. The third-order valence-corrected chi connectivity index (χ3v) is 6.09. The predicted molar refractivity (Wildman–Crippen MR) is 90.3 cm³/mol. The number of likely N-dealkylation sites (tertiary alicyclic amines) is 1. The maximum atomic E-state index is 2.69. The SMILES string of the molecule is c1ccc2c(c1)CCc1sccc1C2CN1CCCCC1. The van der Waals surface area contributed by atoms with Gasteiger partial charge < -0.3 is 4.90 Å². The molecule has 2 heterocycles. The largest absolute Gasteiger partial charge is 0.302 e. The number of rotatable bonds is 2. The quantitative estimate of drug-likeness (QED) is 0.791. The van der Waals surface area contributed by atoms with E-state index in [2.05, 4.69) is 40.6 Å². The number of fused-ring (bicyclic) bond motifs is 2. The molecule has 1 saturated heterocycles. The van der Waals surface area contributed by atoms with E-state index in [4.69, 9.17) is 0 Å². The number of benzene rings is 1. The lowest BCUT2D eigenvalue weighted by Crippen LogP contribution is -2.34. The van der Waals surface area contributed by atoms with E-state index in [0.717, 1.165) is 0 Å². The van der Waals surface area contributed by atoms with Crippen molar-refractivity contribution in [3.8, 4) is 0 Å². The van der Waals surface area contributed by atoms with Crippen molar-refractivity contribution in [2.75, 3.05) is 19.6 Å². The van der Waals surface area contributed by atoms with Crippen LogP contribution in [-0.2, 0) is 12.8 Å². The van der Waals surface area contributed by atoms with Gasteiger partial charge in [0, 0.05) is 17.3 Å². The van der Waals surface area contributed by atoms with Gasteiger partial charge in [0.15, 0.2) is 0 Å². The molecule has 1 fully saturated rings. The summed E-state index contributed by atoms with van der Waals surface area (Å²) in [5.74, 6) is 0.586. The van der Waals surface area contributed by atoms with Gasteiger partial charge >= 0.3 is 0 Å². The van der Waals surface area contributed by atoms with E-state index >= 15 is 0 Å². The van der Waals surface area contributed by atoms with Crippen LogP contribution < -0.4 is 0 Å². The molecule has 2 aliphatic rings. The average molecular weight is 297 g/mol. The molecule has 0 spiro atoms. The molecule has 4 rings (SSSR count).